The van der Waals surface area contributed by atoms with E-state index in [2.05, 4.69) is 22.1 Å². The maximum atomic E-state index is 12.8. The zero-order valence-electron chi connectivity index (χ0n) is 15.2. The molecule has 0 atom stereocenters. The number of amides is 1. The van der Waals surface area contributed by atoms with Gasteiger partial charge in [0.15, 0.2) is 5.43 Å². The molecular weight excluding hydrogens is 378 g/mol. The number of aliphatic hydroxyl groups excluding tert-OH is 1. The fourth-order valence-corrected chi connectivity index (χ4v) is 2.93. The van der Waals surface area contributed by atoms with E-state index in [0.29, 0.717) is 33.7 Å². The molecule has 1 aromatic carbocycles. The van der Waals surface area contributed by atoms with Gasteiger partial charge in [-0.15, -0.1) is 0 Å². The number of carbonyl (C=O) groups excluding carboxylic acids is 1. The lowest BCUT2D eigenvalue weighted by Gasteiger charge is -2.10. The highest BCUT2D eigenvalue weighted by atomic mass is 35.5. The smallest absolute Gasteiger partial charge is 0.224 e. The molecule has 0 bridgehead atoms. The maximum Gasteiger partial charge on any atom is 0.224 e. The van der Waals surface area contributed by atoms with Crippen LogP contribution in [0.2, 0.25) is 5.02 Å². The predicted octanol–water partition coefficient (Wildman–Crippen LogP) is 1.79. The lowest BCUT2D eigenvalue weighted by Crippen LogP contribution is -2.27. The van der Waals surface area contributed by atoms with Crippen molar-refractivity contribution in [2.75, 3.05) is 6.61 Å². The summed E-state index contributed by atoms with van der Waals surface area (Å²) in [6.07, 6.45) is 3.17. The van der Waals surface area contributed by atoms with Crippen molar-refractivity contribution >= 4 is 28.4 Å². The molecule has 0 aliphatic rings. The Kier molecular flexibility index (Phi) is 6.09. The second kappa shape index (κ2) is 8.70. The van der Waals surface area contributed by atoms with Crippen LogP contribution in [0.15, 0.2) is 47.5 Å². The third-order valence-electron chi connectivity index (χ3n) is 4.20. The molecule has 7 heteroatoms. The average Bonchev–Trinajstić information content (AvgIpc) is 2.69. The van der Waals surface area contributed by atoms with Crippen molar-refractivity contribution in [1.29, 1.82) is 0 Å². The van der Waals surface area contributed by atoms with Crippen LogP contribution in [0.1, 0.15) is 16.8 Å². The number of hydrogen-bond acceptors (Lipinski definition) is 4. The molecular formula is C21H18ClN3O3. The number of rotatable bonds is 4. The summed E-state index contributed by atoms with van der Waals surface area (Å²) in [5.74, 6) is 4.95. The summed E-state index contributed by atoms with van der Waals surface area (Å²) in [7, 11) is 1.79. The van der Waals surface area contributed by atoms with Gasteiger partial charge in [0.05, 0.1) is 23.5 Å². The zero-order valence-corrected chi connectivity index (χ0v) is 16.0. The minimum Gasteiger partial charge on any atom is -0.384 e. The van der Waals surface area contributed by atoms with Gasteiger partial charge in [0.25, 0.3) is 0 Å². The van der Waals surface area contributed by atoms with Crippen LogP contribution in [-0.2, 0) is 24.8 Å². The van der Waals surface area contributed by atoms with E-state index in [1.54, 1.807) is 42.2 Å². The highest BCUT2D eigenvalue weighted by molar-refractivity contribution is 6.30. The van der Waals surface area contributed by atoms with E-state index in [-0.39, 0.29) is 24.4 Å². The molecule has 3 rings (SSSR count). The molecule has 3 aromatic rings. The van der Waals surface area contributed by atoms with E-state index in [0.717, 1.165) is 5.56 Å². The van der Waals surface area contributed by atoms with E-state index in [9.17, 15) is 9.59 Å². The standard InChI is InChI=1S/C21H18ClN3O3/c1-25-13-15(9-20(27)24-11-14-4-6-16(22)7-5-14)21(28)18-10-17(3-2-8-26)23-12-19(18)25/h4-7,10,12-13,26H,8-9,11H2,1H3,(H,24,27). The predicted molar refractivity (Wildman–Crippen MR) is 108 cm³/mol. The molecule has 0 aliphatic carbocycles. The number of aryl methyl sites for hydroxylation is 1. The Labute approximate surface area is 166 Å². The first kappa shape index (κ1) is 19.6. The number of pyridine rings is 2. The van der Waals surface area contributed by atoms with E-state index in [1.807, 2.05) is 12.1 Å². The number of aromatic nitrogens is 2. The van der Waals surface area contributed by atoms with Crippen LogP contribution >= 0.6 is 11.6 Å². The largest absolute Gasteiger partial charge is 0.384 e. The third kappa shape index (κ3) is 4.58. The van der Waals surface area contributed by atoms with Crippen LogP contribution in [0.5, 0.6) is 0 Å². The van der Waals surface area contributed by atoms with Crippen LogP contribution in [-0.4, -0.2) is 27.2 Å². The SMILES string of the molecule is Cn1cc(CC(=O)NCc2ccc(Cl)cc2)c(=O)c2cc(C#CCO)ncc21. The highest BCUT2D eigenvalue weighted by Crippen LogP contribution is 2.12. The first-order valence-corrected chi connectivity index (χ1v) is 8.95. The molecule has 6 nitrogen and oxygen atoms in total. The van der Waals surface area contributed by atoms with Crippen molar-refractivity contribution in [2.24, 2.45) is 7.05 Å². The number of nitrogens with one attached hydrogen (secondary N) is 1. The molecule has 2 heterocycles. The van der Waals surface area contributed by atoms with Crippen LogP contribution in [0, 0.1) is 11.8 Å². The van der Waals surface area contributed by atoms with Gasteiger partial charge in [0, 0.05) is 30.4 Å². The Morgan fingerprint density at radius 2 is 2.07 bits per heavy atom. The molecule has 2 aromatic heterocycles. The first-order chi connectivity index (χ1) is 13.5. The molecule has 0 aliphatic heterocycles. The van der Waals surface area contributed by atoms with Gasteiger partial charge in [-0.1, -0.05) is 29.7 Å². The Bertz CT molecular complexity index is 1140. The fraction of sp³-hybridized carbons (Fsp3) is 0.190. The molecule has 0 unspecified atom stereocenters. The topological polar surface area (TPSA) is 84.2 Å². The van der Waals surface area contributed by atoms with Crippen LogP contribution in [0.4, 0.5) is 0 Å². The van der Waals surface area contributed by atoms with Gasteiger partial charge >= 0.3 is 0 Å². The average molecular weight is 396 g/mol. The van der Waals surface area contributed by atoms with Gasteiger partial charge in [-0.25, -0.2) is 4.98 Å². The number of fused-ring (bicyclic) bond motifs is 1. The summed E-state index contributed by atoms with van der Waals surface area (Å²) in [5.41, 5.74) is 2.11. The van der Waals surface area contributed by atoms with Gasteiger partial charge in [0.1, 0.15) is 12.3 Å². The third-order valence-corrected chi connectivity index (χ3v) is 4.45. The van der Waals surface area contributed by atoms with Crippen molar-refractivity contribution < 1.29 is 9.90 Å². The molecule has 28 heavy (non-hydrogen) atoms. The summed E-state index contributed by atoms with van der Waals surface area (Å²) in [4.78, 5) is 29.3. The Balaban J connectivity index is 1.81. The summed E-state index contributed by atoms with van der Waals surface area (Å²) in [6.45, 7) is 0.0697. The molecule has 1 amide bonds. The van der Waals surface area contributed by atoms with Crippen molar-refractivity contribution in [3.05, 3.63) is 74.8 Å². The second-order valence-electron chi connectivity index (χ2n) is 6.22. The summed E-state index contributed by atoms with van der Waals surface area (Å²) < 4.78 is 1.76. The van der Waals surface area contributed by atoms with Gasteiger partial charge in [-0.05, 0) is 29.7 Å². The molecule has 0 radical (unpaired) electrons. The summed E-state index contributed by atoms with van der Waals surface area (Å²) in [5, 5.41) is 12.7. The number of hydrogen-bond donors (Lipinski definition) is 2. The minimum atomic E-state index is -0.286. The zero-order chi connectivity index (χ0) is 20.1. The van der Waals surface area contributed by atoms with Crippen molar-refractivity contribution in [3.63, 3.8) is 0 Å². The Morgan fingerprint density at radius 3 is 2.79 bits per heavy atom. The van der Waals surface area contributed by atoms with Crippen LogP contribution in [0.25, 0.3) is 10.9 Å². The molecule has 142 valence electrons. The molecule has 0 spiro atoms. The molecule has 0 saturated carbocycles. The highest BCUT2D eigenvalue weighted by Gasteiger charge is 2.12. The Hall–Kier alpha value is -3.14. The number of benzene rings is 1. The number of carbonyl (C=O) groups is 1. The van der Waals surface area contributed by atoms with Crippen molar-refractivity contribution in [3.8, 4) is 11.8 Å². The van der Waals surface area contributed by atoms with Crippen LogP contribution < -0.4 is 10.7 Å². The fourth-order valence-electron chi connectivity index (χ4n) is 2.81. The summed E-state index contributed by atoms with van der Waals surface area (Å²) in [6, 6.07) is 8.76. The van der Waals surface area contributed by atoms with E-state index < -0.39 is 0 Å². The van der Waals surface area contributed by atoms with Crippen molar-refractivity contribution in [1.82, 2.24) is 14.9 Å². The first-order valence-electron chi connectivity index (χ1n) is 8.57. The van der Waals surface area contributed by atoms with Gasteiger partial charge < -0.3 is 15.0 Å². The molecule has 2 N–H and O–H groups in total. The number of halogens is 1. The van der Waals surface area contributed by atoms with Crippen molar-refractivity contribution in [2.45, 2.75) is 13.0 Å². The molecule has 0 fully saturated rings. The monoisotopic (exact) mass is 395 g/mol. The number of nitrogens with zero attached hydrogens (tertiary/aromatic N) is 2. The van der Waals surface area contributed by atoms with Gasteiger partial charge in [0.2, 0.25) is 5.91 Å². The lowest BCUT2D eigenvalue weighted by atomic mass is 10.1. The normalized spacial score (nSPS) is 10.4. The maximum absolute atomic E-state index is 12.8. The minimum absolute atomic E-state index is 0.0316. The van der Waals surface area contributed by atoms with E-state index in [1.165, 1.54) is 0 Å². The van der Waals surface area contributed by atoms with E-state index >= 15 is 0 Å². The van der Waals surface area contributed by atoms with Gasteiger partial charge in [-0.3, -0.25) is 9.59 Å². The summed E-state index contributed by atoms with van der Waals surface area (Å²) >= 11 is 5.85. The quantitative estimate of drug-likeness (QED) is 0.660. The lowest BCUT2D eigenvalue weighted by molar-refractivity contribution is -0.120. The van der Waals surface area contributed by atoms with Gasteiger partial charge in [-0.2, -0.15) is 0 Å². The van der Waals surface area contributed by atoms with E-state index in [4.69, 9.17) is 16.7 Å². The number of aliphatic hydroxyl groups is 1. The van der Waals surface area contributed by atoms with Crippen LogP contribution in [0.3, 0.4) is 0 Å². The Morgan fingerprint density at radius 1 is 1.32 bits per heavy atom. The second-order valence-corrected chi connectivity index (χ2v) is 6.66. The molecule has 0 saturated heterocycles.